The number of amides is 1. The summed E-state index contributed by atoms with van der Waals surface area (Å²) in [5, 5.41) is 13.2. The summed E-state index contributed by atoms with van der Waals surface area (Å²) in [6.45, 7) is 3.21. The van der Waals surface area contributed by atoms with E-state index in [4.69, 9.17) is 4.74 Å². The van der Waals surface area contributed by atoms with E-state index in [0.29, 0.717) is 25.2 Å². The fourth-order valence-corrected chi connectivity index (χ4v) is 3.36. The Hall–Kier alpha value is -1.46. The lowest BCUT2D eigenvalue weighted by Crippen LogP contribution is -2.65. The van der Waals surface area contributed by atoms with Gasteiger partial charge in [-0.05, 0) is 37.8 Å². The number of rotatable bonds is 2. The number of aromatic nitrogens is 1. The third-order valence-electron chi connectivity index (χ3n) is 4.81. The van der Waals surface area contributed by atoms with Crippen molar-refractivity contribution >= 4 is 5.91 Å². The van der Waals surface area contributed by atoms with Gasteiger partial charge in [0.25, 0.3) is 5.91 Å². The number of hydrogen-bond donors (Lipinski definition) is 2. The second kappa shape index (κ2) is 5.14. The highest BCUT2D eigenvalue weighted by atomic mass is 16.5. The molecule has 1 amide bonds. The molecule has 2 atom stereocenters. The summed E-state index contributed by atoms with van der Waals surface area (Å²) in [7, 11) is 0. The zero-order chi connectivity index (χ0) is 14.2. The molecule has 5 nitrogen and oxygen atoms in total. The first-order valence-electron chi connectivity index (χ1n) is 7.11. The van der Waals surface area contributed by atoms with Gasteiger partial charge in [0.05, 0.1) is 6.10 Å². The van der Waals surface area contributed by atoms with E-state index < -0.39 is 0 Å². The Balaban J connectivity index is 1.72. The van der Waals surface area contributed by atoms with Crippen molar-refractivity contribution in [3.63, 3.8) is 0 Å². The van der Waals surface area contributed by atoms with Crippen molar-refractivity contribution < 1.29 is 14.6 Å². The number of ether oxygens (including phenoxy) is 1. The molecule has 2 aliphatic rings. The van der Waals surface area contributed by atoms with Crippen LogP contribution in [-0.2, 0) is 4.74 Å². The predicted molar refractivity (Wildman–Crippen MR) is 73.3 cm³/mol. The summed E-state index contributed by atoms with van der Waals surface area (Å²) in [6.07, 6.45) is 5.25. The molecule has 1 aromatic rings. The molecule has 1 aromatic heterocycles. The Morgan fingerprint density at radius 3 is 2.90 bits per heavy atom. The van der Waals surface area contributed by atoms with E-state index in [-0.39, 0.29) is 23.5 Å². The summed E-state index contributed by atoms with van der Waals surface area (Å²) < 4.78 is 5.37. The van der Waals surface area contributed by atoms with Gasteiger partial charge in [0.1, 0.15) is 0 Å². The summed E-state index contributed by atoms with van der Waals surface area (Å²) in [5.41, 5.74) is 1.34. The van der Waals surface area contributed by atoms with E-state index in [9.17, 15) is 9.90 Å². The van der Waals surface area contributed by atoms with Gasteiger partial charge in [0.15, 0.2) is 0 Å². The van der Waals surface area contributed by atoms with Crippen LogP contribution in [0.25, 0.3) is 0 Å². The molecule has 20 heavy (non-hydrogen) atoms. The van der Waals surface area contributed by atoms with Crippen molar-refractivity contribution in [3.8, 4) is 0 Å². The van der Waals surface area contributed by atoms with E-state index in [1.807, 2.05) is 6.92 Å². The maximum atomic E-state index is 12.3. The molecule has 108 valence electrons. The lowest BCUT2D eigenvalue weighted by Gasteiger charge is -2.55. The Kier molecular flexibility index (Phi) is 3.48. The number of aliphatic hydroxyl groups excluding tert-OH is 1. The quantitative estimate of drug-likeness (QED) is 0.847. The Bertz CT molecular complexity index is 512. The van der Waals surface area contributed by atoms with Crippen LogP contribution in [-0.4, -0.2) is 41.4 Å². The van der Waals surface area contributed by atoms with Crippen LogP contribution in [0.2, 0.25) is 0 Å². The topological polar surface area (TPSA) is 71.5 Å². The number of nitrogens with zero attached hydrogens (tertiary/aromatic N) is 1. The SMILES string of the molecule is Cc1cnccc1C(=O)N[C@@H]1C[C@@H](O)C12CCOCC2. The van der Waals surface area contributed by atoms with Crippen LogP contribution in [0.1, 0.15) is 35.2 Å². The number of carbonyl (C=O) groups is 1. The Labute approximate surface area is 118 Å². The first-order valence-corrected chi connectivity index (χ1v) is 7.11. The van der Waals surface area contributed by atoms with Crippen molar-refractivity contribution in [2.45, 2.75) is 38.3 Å². The molecule has 0 aromatic carbocycles. The lowest BCUT2D eigenvalue weighted by atomic mass is 9.58. The van der Waals surface area contributed by atoms with Crippen LogP contribution in [0, 0.1) is 12.3 Å². The minimum atomic E-state index is -0.324. The highest BCUT2D eigenvalue weighted by molar-refractivity contribution is 5.95. The molecule has 0 unspecified atom stereocenters. The fourth-order valence-electron chi connectivity index (χ4n) is 3.36. The van der Waals surface area contributed by atoms with Crippen molar-refractivity contribution in [1.29, 1.82) is 0 Å². The van der Waals surface area contributed by atoms with E-state index in [1.54, 1.807) is 18.5 Å². The van der Waals surface area contributed by atoms with E-state index in [2.05, 4.69) is 10.3 Å². The summed E-state index contributed by atoms with van der Waals surface area (Å²) in [5.74, 6) is -0.0762. The second-order valence-corrected chi connectivity index (χ2v) is 5.81. The van der Waals surface area contributed by atoms with Gasteiger partial charge in [0.2, 0.25) is 0 Å². The average molecular weight is 276 g/mol. The minimum absolute atomic E-state index is 0.0430. The molecule has 2 heterocycles. The van der Waals surface area contributed by atoms with E-state index in [0.717, 1.165) is 18.4 Å². The van der Waals surface area contributed by atoms with Crippen LogP contribution in [0.5, 0.6) is 0 Å². The molecule has 2 N–H and O–H groups in total. The van der Waals surface area contributed by atoms with Crippen LogP contribution in [0.3, 0.4) is 0 Å². The van der Waals surface area contributed by atoms with Gasteiger partial charge in [0, 0.05) is 42.6 Å². The maximum absolute atomic E-state index is 12.3. The van der Waals surface area contributed by atoms with Gasteiger partial charge in [-0.2, -0.15) is 0 Å². The van der Waals surface area contributed by atoms with Crippen LogP contribution < -0.4 is 5.32 Å². The van der Waals surface area contributed by atoms with Gasteiger partial charge in [-0.15, -0.1) is 0 Å². The number of nitrogens with one attached hydrogen (secondary N) is 1. The monoisotopic (exact) mass is 276 g/mol. The molecule has 0 radical (unpaired) electrons. The molecule has 1 spiro atoms. The number of aryl methyl sites for hydroxylation is 1. The Morgan fingerprint density at radius 1 is 1.50 bits per heavy atom. The first kappa shape index (κ1) is 13.5. The average Bonchev–Trinajstić information content (AvgIpc) is 2.48. The fraction of sp³-hybridized carbons (Fsp3) is 0.600. The molecule has 5 heteroatoms. The van der Waals surface area contributed by atoms with Crippen molar-refractivity contribution in [3.05, 3.63) is 29.6 Å². The number of pyridine rings is 1. The van der Waals surface area contributed by atoms with Crippen LogP contribution in [0.15, 0.2) is 18.5 Å². The third kappa shape index (κ3) is 2.11. The standard InChI is InChI=1S/C15H20N2O3/c1-10-9-16-5-2-11(10)14(19)17-12-8-13(18)15(12)3-6-20-7-4-15/h2,5,9,12-13,18H,3-4,6-8H2,1H3,(H,17,19)/t12-,13-/m1/s1. The molecule has 0 bridgehead atoms. The highest BCUT2D eigenvalue weighted by Gasteiger charge is 2.55. The minimum Gasteiger partial charge on any atom is -0.392 e. The van der Waals surface area contributed by atoms with Crippen LogP contribution >= 0.6 is 0 Å². The van der Waals surface area contributed by atoms with E-state index >= 15 is 0 Å². The molecule has 3 rings (SSSR count). The van der Waals surface area contributed by atoms with Crippen molar-refractivity contribution in [2.75, 3.05) is 13.2 Å². The molecule has 1 aliphatic heterocycles. The molecule has 1 aliphatic carbocycles. The van der Waals surface area contributed by atoms with Crippen LogP contribution in [0.4, 0.5) is 0 Å². The van der Waals surface area contributed by atoms with Gasteiger partial charge < -0.3 is 15.2 Å². The zero-order valence-corrected chi connectivity index (χ0v) is 11.6. The predicted octanol–water partition coefficient (Wildman–Crippen LogP) is 1.05. The Morgan fingerprint density at radius 2 is 2.25 bits per heavy atom. The third-order valence-corrected chi connectivity index (χ3v) is 4.81. The second-order valence-electron chi connectivity index (χ2n) is 5.81. The maximum Gasteiger partial charge on any atom is 0.251 e. The van der Waals surface area contributed by atoms with E-state index in [1.165, 1.54) is 0 Å². The lowest BCUT2D eigenvalue weighted by molar-refractivity contribution is -0.145. The summed E-state index contributed by atoms with van der Waals surface area (Å²) in [6, 6.07) is 1.78. The van der Waals surface area contributed by atoms with Gasteiger partial charge in [-0.25, -0.2) is 0 Å². The normalized spacial score (nSPS) is 27.9. The molecular weight excluding hydrogens is 256 g/mol. The largest absolute Gasteiger partial charge is 0.392 e. The summed E-state index contributed by atoms with van der Waals surface area (Å²) in [4.78, 5) is 16.3. The van der Waals surface area contributed by atoms with Gasteiger partial charge in [-0.1, -0.05) is 0 Å². The van der Waals surface area contributed by atoms with Gasteiger partial charge >= 0.3 is 0 Å². The first-order chi connectivity index (χ1) is 9.63. The van der Waals surface area contributed by atoms with Gasteiger partial charge in [-0.3, -0.25) is 9.78 Å². The number of carbonyl (C=O) groups excluding carboxylic acids is 1. The highest BCUT2D eigenvalue weighted by Crippen LogP contribution is 2.49. The zero-order valence-electron chi connectivity index (χ0n) is 11.6. The smallest absolute Gasteiger partial charge is 0.251 e. The number of hydrogen-bond acceptors (Lipinski definition) is 4. The summed E-state index contributed by atoms with van der Waals surface area (Å²) >= 11 is 0. The van der Waals surface area contributed by atoms with Crippen molar-refractivity contribution in [2.24, 2.45) is 5.41 Å². The molecule has 2 fully saturated rings. The van der Waals surface area contributed by atoms with Crippen molar-refractivity contribution in [1.82, 2.24) is 10.3 Å². The molecule has 1 saturated heterocycles. The molecule has 1 saturated carbocycles. The number of aliphatic hydroxyl groups is 1. The molecular formula is C15H20N2O3.